The van der Waals surface area contributed by atoms with Crippen molar-refractivity contribution in [1.82, 2.24) is 15.0 Å². The summed E-state index contributed by atoms with van der Waals surface area (Å²) in [6, 6.07) is 1.97. The first-order chi connectivity index (χ1) is 5.90. The molecule has 0 spiro atoms. The van der Waals surface area contributed by atoms with E-state index in [1.807, 2.05) is 16.8 Å². The van der Waals surface area contributed by atoms with Crippen LogP contribution < -0.4 is 0 Å². The molecule has 2 heterocycles. The van der Waals surface area contributed by atoms with Gasteiger partial charge in [0.05, 0.1) is 6.20 Å². The van der Waals surface area contributed by atoms with Crippen LogP contribution in [-0.4, -0.2) is 20.1 Å². The Labute approximate surface area is 73.1 Å². The highest BCUT2D eigenvalue weighted by molar-refractivity contribution is 7.08. The molecule has 0 radical (unpaired) electrons. The molecule has 62 valence electrons. The Balaban J connectivity index is 2.35. The molecule has 2 rings (SSSR count). The molecule has 0 aromatic carbocycles. The maximum Gasteiger partial charge on any atom is 0.155 e. The zero-order valence-electron chi connectivity index (χ0n) is 6.21. The van der Waals surface area contributed by atoms with E-state index in [1.165, 1.54) is 4.80 Å². The Bertz CT molecular complexity index is 354. The lowest BCUT2D eigenvalue weighted by molar-refractivity contribution is 0.178. The number of nitrogens with zero attached hydrogens (tertiary/aromatic N) is 3. The third-order valence-corrected chi connectivity index (χ3v) is 2.16. The second-order valence-electron chi connectivity index (χ2n) is 2.26. The summed E-state index contributed by atoms with van der Waals surface area (Å²) in [5.74, 6) is 0. The Kier molecular flexibility index (Phi) is 1.89. The molecule has 0 aliphatic heterocycles. The SMILES string of the molecule is OCn1ncc(-c2ccsc2)n1. The zero-order valence-corrected chi connectivity index (χ0v) is 7.03. The van der Waals surface area contributed by atoms with Crippen LogP contribution in [0.25, 0.3) is 11.3 Å². The molecule has 0 atom stereocenters. The molecule has 0 aliphatic rings. The fourth-order valence-corrected chi connectivity index (χ4v) is 1.56. The molecule has 4 nitrogen and oxygen atoms in total. The molecular weight excluding hydrogens is 174 g/mol. The summed E-state index contributed by atoms with van der Waals surface area (Å²) < 4.78 is 0. The smallest absolute Gasteiger partial charge is 0.155 e. The summed E-state index contributed by atoms with van der Waals surface area (Å²) in [5, 5.41) is 20.5. The first kappa shape index (κ1) is 7.45. The van der Waals surface area contributed by atoms with Gasteiger partial charge in [-0.3, -0.25) is 0 Å². The molecule has 2 aromatic rings. The summed E-state index contributed by atoms with van der Waals surface area (Å²) in [6.07, 6.45) is 1.64. The van der Waals surface area contributed by atoms with E-state index in [2.05, 4.69) is 10.2 Å². The van der Waals surface area contributed by atoms with E-state index in [9.17, 15) is 0 Å². The largest absolute Gasteiger partial charge is 0.373 e. The van der Waals surface area contributed by atoms with Crippen molar-refractivity contribution in [3.8, 4) is 11.3 Å². The fourth-order valence-electron chi connectivity index (χ4n) is 0.908. The Morgan fingerprint density at radius 1 is 1.58 bits per heavy atom. The van der Waals surface area contributed by atoms with E-state index in [1.54, 1.807) is 17.5 Å². The second-order valence-corrected chi connectivity index (χ2v) is 3.04. The van der Waals surface area contributed by atoms with Crippen LogP contribution in [0, 0.1) is 0 Å². The number of hydrogen-bond donors (Lipinski definition) is 1. The van der Waals surface area contributed by atoms with Gasteiger partial charge in [-0.2, -0.15) is 26.3 Å². The number of aliphatic hydroxyl groups excluding tert-OH is 1. The van der Waals surface area contributed by atoms with Gasteiger partial charge in [-0.05, 0) is 11.4 Å². The van der Waals surface area contributed by atoms with Gasteiger partial charge in [0.25, 0.3) is 0 Å². The molecule has 5 heteroatoms. The Hall–Kier alpha value is -1.20. The highest BCUT2D eigenvalue weighted by Gasteiger charge is 2.01. The van der Waals surface area contributed by atoms with Crippen molar-refractivity contribution in [2.24, 2.45) is 0 Å². The van der Waals surface area contributed by atoms with E-state index >= 15 is 0 Å². The summed E-state index contributed by atoms with van der Waals surface area (Å²) in [5.41, 5.74) is 1.84. The summed E-state index contributed by atoms with van der Waals surface area (Å²) >= 11 is 1.61. The third-order valence-electron chi connectivity index (χ3n) is 1.48. The van der Waals surface area contributed by atoms with E-state index < -0.39 is 0 Å². The summed E-state index contributed by atoms with van der Waals surface area (Å²) in [6.45, 7) is -0.176. The number of aromatic nitrogens is 3. The second kappa shape index (κ2) is 3.04. The van der Waals surface area contributed by atoms with Crippen LogP contribution >= 0.6 is 11.3 Å². The van der Waals surface area contributed by atoms with Crippen LogP contribution in [0.15, 0.2) is 23.0 Å². The van der Waals surface area contributed by atoms with Crippen molar-refractivity contribution in [3.05, 3.63) is 23.0 Å². The number of thiophene rings is 1. The number of rotatable bonds is 2. The average Bonchev–Trinajstić information content (AvgIpc) is 2.75. The van der Waals surface area contributed by atoms with Crippen LogP contribution in [0.5, 0.6) is 0 Å². The Morgan fingerprint density at radius 2 is 2.50 bits per heavy atom. The Morgan fingerprint density at radius 3 is 3.08 bits per heavy atom. The van der Waals surface area contributed by atoms with E-state index in [0.29, 0.717) is 0 Å². The molecule has 0 fully saturated rings. The van der Waals surface area contributed by atoms with Crippen LogP contribution in [0.1, 0.15) is 0 Å². The van der Waals surface area contributed by atoms with Gasteiger partial charge >= 0.3 is 0 Å². The van der Waals surface area contributed by atoms with Gasteiger partial charge < -0.3 is 5.11 Å². The molecule has 2 aromatic heterocycles. The molecule has 0 saturated carbocycles. The fraction of sp³-hybridized carbons (Fsp3) is 0.143. The maximum absolute atomic E-state index is 8.69. The zero-order chi connectivity index (χ0) is 8.39. The van der Waals surface area contributed by atoms with Crippen LogP contribution in [0.4, 0.5) is 0 Å². The van der Waals surface area contributed by atoms with Gasteiger partial charge in [-0.15, -0.1) is 0 Å². The lowest BCUT2D eigenvalue weighted by atomic mass is 10.3. The normalized spacial score (nSPS) is 10.4. The quantitative estimate of drug-likeness (QED) is 0.750. The highest BCUT2D eigenvalue weighted by atomic mass is 32.1. The van der Waals surface area contributed by atoms with Gasteiger partial charge in [0.2, 0.25) is 0 Å². The monoisotopic (exact) mass is 181 g/mol. The summed E-state index contributed by atoms with van der Waals surface area (Å²) in [4.78, 5) is 1.24. The topological polar surface area (TPSA) is 50.9 Å². The first-order valence-corrected chi connectivity index (χ1v) is 4.38. The lowest BCUT2D eigenvalue weighted by Gasteiger charge is -1.88. The van der Waals surface area contributed by atoms with Crippen molar-refractivity contribution in [1.29, 1.82) is 0 Å². The number of hydrogen-bond acceptors (Lipinski definition) is 4. The van der Waals surface area contributed by atoms with Crippen LogP contribution in [-0.2, 0) is 6.73 Å². The van der Waals surface area contributed by atoms with Gasteiger partial charge in [0.1, 0.15) is 5.69 Å². The van der Waals surface area contributed by atoms with Crippen LogP contribution in [0.3, 0.4) is 0 Å². The van der Waals surface area contributed by atoms with Crippen molar-refractivity contribution >= 4 is 11.3 Å². The average molecular weight is 181 g/mol. The molecule has 0 amide bonds. The van der Waals surface area contributed by atoms with Gasteiger partial charge in [0, 0.05) is 10.9 Å². The van der Waals surface area contributed by atoms with E-state index in [0.717, 1.165) is 11.3 Å². The van der Waals surface area contributed by atoms with Crippen molar-refractivity contribution < 1.29 is 5.11 Å². The lowest BCUT2D eigenvalue weighted by Crippen LogP contribution is -2.00. The predicted molar refractivity (Wildman–Crippen MR) is 45.6 cm³/mol. The minimum atomic E-state index is -0.176. The van der Waals surface area contributed by atoms with E-state index in [-0.39, 0.29) is 6.73 Å². The standard InChI is InChI=1S/C7H7N3OS/c11-5-10-8-3-7(9-10)6-1-2-12-4-6/h1-4,11H,5H2. The molecular formula is C7H7N3OS. The van der Waals surface area contributed by atoms with Crippen LogP contribution in [0.2, 0.25) is 0 Å². The minimum absolute atomic E-state index is 0.176. The van der Waals surface area contributed by atoms with E-state index in [4.69, 9.17) is 5.11 Å². The van der Waals surface area contributed by atoms with Gasteiger partial charge in [-0.25, -0.2) is 0 Å². The number of aliphatic hydroxyl groups is 1. The predicted octanol–water partition coefficient (Wildman–Crippen LogP) is 0.956. The third kappa shape index (κ3) is 1.24. The maximum atomic E-state index is 8.69. The molecule has 0 aliphatic carbocycles. The van der Waals surface area contributed by atoms with Crippen molar-refractivity contribution in [3.63, 3.8) is 0 Å². The van der Waals surface area contributed by atoms with Crippen molar-refractivity contribution in [2.75, 3.05) is 0 Å². The van der Waals surface area contributed by atoms with Gasteiger partial charge in [-0.1, -0.05) is 0 Å². The van der Waals surface area contributed by atoms with Gasteiger partial charge in [0.15, 0.2) is 6.73 Å². The molecule has 12 heavy (non-hydrogen) atoms. The summed E-state index contributed by atoms with van der Waals surface area (Å²) in [7, 11) is 0. The molecule has 1 N–H and O–H groups in total. The molecule has 0 saturated heterocycles. The minimum Gasteiger partial charge on any atom is -0.373 e. The first-order valence-electron chi connectivity index (χ1n) is 3.44. The highest BCUT2D eigenvalue weighted by Crippen LogP contribution is 2.18. The van der Waals surface area contributed by atoms with Crippen molar-refractivity contribution in [2.45, 2.75) is 6.73 Å². The molecule has 0 unspecified atom stereocenters. The molecule has 0 bridgehead atoms.